The molecule has 2 amide bonds. The summed E-state index contributed by atoms with van der Waals surface area (Å²) in [6.07, 6.45) is -6.39. The van der Waals surface area contributed by atoms with Crippen LogP contribution < -0.4 is 11.1 Å². The summed E-state index contributed by atoms with van der Waals surface area (Å²) in [4.78, 5) is 27.1. The molecule has 0 radical (unpaired) electrons. The lowest BCUT2D eigenvalue weighted by Gasteiger charge is -2.27. The number of aliphatic hydroxyl groups is 1. The molecule has 0 aliphatic heterocycles. The SMILES string of the molecule is NC(=O)c1ccc(NC(=O)CC(O)(c2nc3ccccc3s2)C(F)(F)F)cc1. The summed E-state index contributed by atoms with van der Waals surface area (Å²) in [5, 5.41) is 12.0. The summed E-state index contributed by atoms with van der Waals surface area (Å²) in [6.45, 7) is 0. The molecule has 4 N–H and O–H groups in total. The second-order valence-corrected chi connectivity index (χ2v) is 7.04. The minimum absolute atomic E-state index is 0.156. The highest BCUT2D eigenvalue weighted by atomic mass is 32.1. The van der Waals surface area contributed by atoms with Crippen molar-refractivity contribution < 1.29 is 27.9 Å². The van der Waals surface area contributed by atoms with Crippen LogP contribution in [0.5, 0.6) is 0 Å². The summed E-state index contributed by atoms with van der Waals surface area (Å²) < 4.78 is 41.4. The van der Waals surface area contributed by atoms with Crippen molar-refractivity contribution in [1.82, 2.24) is 4.98 Å². The highest BCUT2D eigenvalue weighted by Gasteiger charge is 2.58. The number of alkyl halides is 3. The van der Waals surface area contributed by atoms with Crippen LogP contribution in [0.25, 0.3) is 10.2 Å². The molecule has 146 valence electrons. The zero-order valence-electron chi connectivity index (χ0n) is 14.2. The molecule has 1 atom stereocenters. The van der Waals surface area contributed by atoms with Crippen LogP contribution in [-0.2, 0) is 10.4 Å². The predicted molar refractivity (Wildman–Crippen MR) is 97.8 cm³/mol. The van der Waals surface area contributed by atoms with Crippen molar-refractivity contribution in [2.24, 2.45) is 5.73 Å². The van der Waals surface area contributed by atoms with Crippen LogP contribution in [0, 0.1) is 0 Å². The Morgan fingerprint density at radius 2 is 1.75 bits per heavy atom. The van der Waals surface area contributed by atoms with Gasteiger partial charge >= 0.3 is 6.18 Å². The highest BCUT2D eigenvalue weighted by molar-refractivity contribution is 7.18. The Bertz CT molecular complexity index is 1000. The Balaban J connectivity index is 1.85. The lowest BCUT2D eigenvalue weighted by molar-refractivity contribution is -0.266. The van der Waals surface area contributed by atoms with Crippen LogP contribution in [0.4, 0.5) is 18.9 Å². The molecule has 6 nitrogen and oxygen atoms in total. The third-order valence-corrected chi connectivity index (χ3v) is 5.17. The van der Waals surface area contributed by atoms with Gasteiger partial charge in [0.05, 0.1) is 16.6 Å². The number of nitrogens with zero attached hydrogens (tertiary/aromatic N) is 1. The second-order valence-electron chi connectivity index (χ2n) is 6.01. The number of amides is 2. The minimum atomic E-state index is -5.12. The van der Waals surface area contributed by atoms with E-state index in [0.717, 1.165) is 0 Å². The van der Waals surface area contributed by atoms with Gasteiger partial charge in [-0.2, -0.15) is 13.2 Å². The van der Waals surface area contributed by atoms with Gasteiger partial charge in [0.2, 0.25) is 17.4 Å². The Morgan fingerprint density at radius 1 is 1.11 bits per heavy atom. The molecule has 0 saturated heterocycles. The number of carbonyl (C=O) groups excluding carboxylic acids is 2. The van der Waals surface area contributed by atoms with Crippen LogP contribution in [-0.4, -0.2) is 28.1 Å². The molecule has 3 aromatic rings. The maximum atomic E-state index is 13.6. The lowest BCUT2D eigenvalue weighted by Crippen LogP contribution is -2.45. The van der Waals surface area contributed by atoms with Gasteiger partial charge in [0.25, 0.3) is 0 Å². The average Bonchev–Trinajstić information content (AvgIpc) is 3.05. The fourth-order valence-corrected chi connectivity index (χ4v) is 3.58. The molecule has 1 heterocycles. The van der Waals surface area contributed by atoms with Gasteiger partial charge in [0.15, 0.2) is 0 Å². The van der Waals surface area contributed by atoms with Crippen molar-refractivity contribution in [1.29, 1.82) is 0 Å². The Labute approximate surface area is 160 Å². The number of halogens is 3. The molecule has 0 aliphatic carbocycles. The van der Waals surface area contributed by atoms with E-state index in [2.05, 4.69) is 10.3 Å². The van der Waals surface area contributed by atoms with Crippen LogP contribution in [0.3, 0.4) is 0 Å². The van der Waals surface area contributed by atoms with Crippen molar-refractivity contribution in [3.05, 3.63) is 59.1 Å². The standard InChI is InChI=1S/C18H14F3N3O3S/c19-18(20,21)17(27,16-24-12-3-1-2-4-13(12)28-16)9-14(25)23-11-7-5-10(6-8-11)15(22)26/h1-8,27H,9H2,(H2,22,26)(H,23,25). The first-order valence-corrected chi connectivity index (χ1v) is 8.77. The zero-order valence-corrected chi connectivity index (χ0v) is 15.0. The fraction of sp³-hybridized carbons (Fsp3) is 0.167. The predicted octanol–water partition coefficient (Wildman–Crippen LogP) is 3.17. The number of fused-ring (bicyclic) bond motifs is 1. The smallest absolute Gasteiger partial charge is 0.374 e. The van der Waals surface area contributed by atoms with E-state index in [-0.39, 0.29) is 11.3 Å². The van der Waals surface area contributed by atoms with E-state index >= 15 is 0 Å². The number of carbonyl (C=O) groups is 2. The molecule has 1 aromatic heterocycles. The summed E-state index contributed by atoms with van der Waals surface area (Å²) in [5.41, 5.74) is 2.30. The number of hydrogen-bond donors (Lipinski definition) is 3. The number of thiazole rings is 1. The van der Waals surface area contributed by atoms with Crippen molar-refractivity contribution in [3.63, 3.8) is 0 Å². The Morgan fingerprint density at radius 3 is 2.32 bits per heavy atom. The third kappa shape index (κ3) is 3.82. The van der Waals surface area contributed by atoms with Gasteiger partial charge in [-0.3, -0.25) is 9.59 Å². The zero-order chi connectivity index (χ0) is 20.5. The van der Waals surface area contributed by atoms with Gasteiger partial charge in [0.1, 0.15) is 5.01 Å². The number of anilines is 1. The van der Waals surface area contributed by atoms with Crippen molar-refractivity contribution in [3.8, 4) is 0 Å². The molecule has 28 heavy (non-hydrogen) atoms. The number of rotatable bonds is 5. The van der Waals surface area contributed by atoms with Crippen molar-refractivity contribution >= 4 is 39.1 Å². The van der Waals surface area contributed by atoms with E-state index in [9.17, 15) is 27.9 Å². The molecular formula is C18H14F3N3O3S. The normalized spacial score (nSPS) is 13.9. The Hall–Kier alpha value is -2.98. The summed E-state index contributed by atoms with van der Waals surface area (Å²) >= 11 is 0.672. The molecule has 10 heteroatoms. The summed E-state index contributed by atoms with van der Waals surface area (Å²) in [7, 11) is 0. The van der Waals surface area contributed by atoms with Crippen molar-refractivity contribution in [2.45, 2.75) is 18.2 Å². The first-order valence-electron chi connectivity index (χ1n) is 7.95. The van der Waals surface area contributed by atoms with Gasteiger partial charge < -0.3 is 16.2 Å². The highest BCUT2D eigenvalue weighted by Crippen LogP contribution is 2.44. The number of nitrogens with one attached hydrogen (secondary N) is 1. The second kappa shape index (κ2) is 7.21. The quantitative estimate of drug-likeness (QED) is 0.602. The first kappa shape index (κ1) is 19.8. The van der Waals surface area contributed by atoms with Gasteiger partial charge in [-0.15, -0.1) is 11.3 Å². The number of aromatic nitrogens is 1. The topological polar surface area (TPSA) is 105 Å². The molecule has 0 fully saturated rings. The van der Waals surface area contributed by atoms with Gasteiger partial charge in [-0.1, -0.05) is 12.1 Å². The number of nitrogens with two attached hydrogens (primary N) is 1. The van der Waals surface area contributed by atoms with E-state index in [1.165, 1.54) is 30.3 Å². The van der Waals surface area contributed by atoms with E-state index < -0.39 is 35.0 Å². The molecule has 0 saturated carbocycles. The van der Waals surface area contributed by atoms with Crippen molar-refractivity contribution in [2.75, 3.05) is 5.32 Å². The molecule has 3 rings (SSSR count). The number of hydrogen-bond acceptors (Lipinski definition) is 5. The number of para-hydroxylation sites is 1. The van der Waals surface area contributed by atoms with E-state index in [0.29, 0.717) is 21.6 Å². The molecule has 1 unspecified atom stereocenters. The van der Waals surface area contributed by atoms with Gasteiger partial charge in [-0.25, -0.2) is 4.98 Å². The maximum absolute atomic E-state index is 13.6. The minimum Gasteiger partial charge on any atom is -0.374 e. The summed E-state index contributed by atoms with van der Waals surface area (Å²) in [5.74, 6) is -1.74. The van der Waals surface area contributed by atoms with Crippen LogP contribution in [0.2, 0.25) is 0 Å². The van der Waals surface area contributed by atoms with Gasteiger partial charge in [-0.05, 0) is 36.4 Å². The monoisotopic (exact) mass is 409 g/mol. The van der Waals surface area contributed by atoms with Crippen LogP contribution >= 0.6 is 11.3 Å². The molecule has 0 spiro atoms. The maximum Gasteiger partial charge on any atom is 0.424 e. The van der Waals surface area contributed by atoms with Crippen LogP contribution in [0.1, 0.15) is 21.8 Å². The van der Waals surface area contributed by atoms with E-state index in [1.54, 1.807) is 18.2 Å². The molecule has 0 bridgehead atoms. The number of benzene rings is 2. The van der Waals surface area contributed by atoms with E-state index in [1.807, 2.05) is 0 Å². The first-order chi connectivity index (χ1) is 13.1. The molecular weight excluding hydrogens is 395 g/mol. The average molecular weight is 409 g/mol. The summed E-state index contributed by atoms with van der Waals surface area (Å²) in [6, 6.07) is 11.6. The fourth-order valence-electron chi connectivity index (χ4n) is 2.50. The van der Waals surface area contributed by atoms with E-state index in [4.69, 9.17) is 5.73 Å². The largest absolute Gasteiger partial charge is 0.424 e. The Kier molecular flexibility index (Phi) is 5.09. The molecule has 0 aliphatic rings. The third-order valence-electron chi connectivity index (χ3n) is 3.99. The lowest BCUT2D eigenvalue weighted by atomic mass is 9.99. The van der Waals surface area contributed by atoms with Crippen LogP contribution in [0.15, 0.2) is 48.5 Å². The van der Waals surface area contributed by atoms with Gasteiger partial charge in [0, 0.05) is 11.3 Å². The number of primary amides is 1. The molecule has 2 aromatic carbocycles.